The molecule has 0 amide bonds. The van der Waals surface area contributed by atoms with E-state index in [0.29, 0.717) is 24.4 Å². The Morgan fingerprint density at radius 3 is 2.03 bits per heavy atom. The van der Waals surface area contributed by atoms with Gasteiger partial charge in [-0.05, 0) is 12.8 Å². The number of aryl methyl sites for hydroxylation is 1. The summed E-state index contributed by atoms with van der Waals surface area (Å²) in [7, 11) is 0. The third-order valence-electron chi connectivity index (χ3n) is 5.40. The van der Waals surface area contributed by atoms with Gasteiger partial charge in [0.15, 0.2) is 0 Å². The fraction of sp³-hybridized carbons (Fsp3) is 0.360. The van der Waals surface area contributed by atoms with E-state index in [9.17, 15) is 9.59 Å². The number of benzene rings is 2. The van der Waals surface area contributed by atoms with Crippen LogP contribution in [0.15, 0.2) is 65.5 Å². The third-order valence-corrected chi connectivity index (χ3v) is 5.40. The van der Waals surface area contributed by atoms with Crippen LogP contribution in [0.4, 0.5) is 0 Å². The smallest absolute Gasteiger partial charge is 0.364 e. The van der Waals surface area contributed by atoms with Gasteiger partial charge in [-0.3, -0.25) is 4.79 Å². The quantitative estimate of drug-likeness (QED) is 0.440. The SMILES string of the molecule is CC(CCCCCCCn1nc(-c2ccccc2)c(-c2ccccc2)nc1=O)C(=O)O. The lowest BCUT2D eigenvalue weighted by atomic mass is 10.0. The molecule has 6 nitrogen and oxygen atoms in total. The number of carbonyl (C=O) groups is 1. The molecule has 0 aliphatic heterocycles. The Kier molecular flexibility index (Phi) is 8.10. The van der Waals surface area contributed by atoms with Crippen LogP contribution in [0, 0.1) is 5.92 Å². The highest BCUT2D eigenvalue weighted by atomic mass is 16.4. The van der Waals surface area contributed by atoms with Gasteiger partial charge in [0, 0.05) is 17.7 Å². The van der Waals surface area contributed by atoms with Gasteiger partial charge < -0.3 is 5.11 Å². The second-order valence-corrected chi connectivity index (χ2v) is 7.84. The van der Waals surface area contributed by atoms with E-state index in [-0.39, 0.29) is 11.6 Å². The summed E-state index contributed by atoms with van der Waals surface area (Å²) in [5.41, 5.74) is 2.76. The Hall–Kier alpha value is -3.28. The van der Waals surface area contributed by atoms with E-state index < -0.39 is 5.97 Å². The molecule has 6 heteroatoms. The zero-order valence-corrected chi connectivity index (χ0v) is 17.9. The number of hydrogen-bond donors (Lipinski definition) is 1. The first-order valence-electron chi connectivity index (χ1n) is 10.9. The molecule has 162 valence electrons. The number of hydrogen-bond acceptors (Lipinski definition) is 4. The van der Waals surface area contributed by atoms with Crippen LogP contribution in [-0.2, 0) is 11.3 Å². The van der Waals surface area contributed by atoms with Crippen LogP contribution in [0.1, 0.15) is 45.4 Å². The van der Waals surface area contributed by atoms with E-state index >= 15 is 0 Å². The minimum atomic E-state index is -0.730. The summed E-state index contributed by atoms with van der Waals surface area (Å²) in [4.78, 5) is 27.9. The highest BCUT2D eigenvalue weighted by Gasteiger charge is 2.14. The van der Waals surface area contributed by atoms with Crippen molar-refractivity contribution in [1.82, 2.24) is 14.8 Å². The second-order valence-electron chi connectivity index (χ2n) is 7.84. The molecule has 31 heavy (non-hydrogen) atoms. The van der Waals surface area contributed by atoms with Crippen molar-refractivity contribution in [1.29, 1.82) is 0 Å². The predicted molar refractivity (Wildman–Crippen MR) is 122 cm³/mol. The van der Waals surface area contributed by atoms with Crippen LogP contribution >= 0.6 is 0 Å². The van der Waals surface area contributed by atoms with Gasteiger partial charge in [-0.25, -0.2) is 9.48 Å². The summed E-state index contributed by atoms with van der Waals surface area (Å²) in [6.07, 6.45) is 5.44. The van der Waals surface area contributed by atoms with Gasteiger partial charge in [-0.2, -0.15) is 10.1 Å². The van der Waals surface area contributed by atoms with Crippen LogP contribution in [0.25, 0.3) is 22.5 Å². The van der Waals surface area contributed by atoms with Crippen molar-refractivity contribution in [2.75, 3.05) is 0 Å². The zero-order valence-electron chi connectivity index (χ0n) is 17.9. The topological polar surface area (TPSA) is 85.1 Å². The van der Waals surface area contributed by atoms with Crippen LogP contribution in [0.3, 0.4) is 0 Å². The van der Waals surface area contributed by atoms with Crippen molar-refractivity contribution in [2.45, 2.75) is 52.0 Å². The van der Waals surface area contributed by atoms with Gasteiger partial charge in [0.25, 0.3) is 0 Å². The number of unbranched alkanes of at least 4 members (excludes halogenated alkanes) is 4. The largest absolute Gasteiger partial charge is 0.481 e. The molecule has 0 aliphatic rings. The molecule has 0 fully saturated rings. The second kappa shape index (κ2) is 11.2. The van der Waals surface area contributed by atoms with E-state index in [4.69, 9.17) is 5.11 Å². The van der Waals surface area contributed by atoms with Gasteiger partial charge in [0.2, 0.25) is 0 Å². The lowest BCUT2D eigenvalue weighted by molar-refractivity contribution is -0.141. The van der Waals surface area contributed by atoms with Gasteiger partial charge >= 0.3 is 11.7 Å². The number of carboxylic acids is 1. The third kappa shape index (κ3) is 6.35. The van der Waals surface area contributed by atoms with E-state index in [1.165, 1.54) is 4.68 Å². The van der Waals surface area contributed by atoms with Crippen LogP contribution in [0.2, 0.25) is 0 Å². The Balaban J connectivity index is 1.67. The molecule has 0 aliphatic carbocycles. The molecular weight excluding hydrogens is 390 g/mol. The van der Waals surface area contributed by atoms with E-state index in [0.717, 1.165) is 43.2 Å². The van der Waals surface area contributed by atoms with Crippen molar-refractivity contribution in [2.24, 2.45) is 5.92 Å². The number of nitrogens with zero attached hydrogens (tertiary/aromatic N) is 3. The highest BCUT2D eigenvalue weighted by molar-refractivity contribution is 5.77. The molecule has 0 saturated heterocycles. The molecule has 0 saturated carbocycles. The summed E-state index contributed by atoms with van der Waals surface area (Å²) in [5.74, 6) is -1.01. The minimum absolute atomic E-state index is 0.284. The fourth-order valence-corrected chi connectivity index (χ4v) is 3.52. The average molecular weight is 420 g/mol. The van der Waals surface area contributed by atoms with E-state index in [2.05, 4.69) is 10.1 Å². The maximum absolute atomic E-state index is 12.6. The Morgan fingerprint density at radius 1 is 0.871 bits per heavy atom. The molecule has 1 aromatic heterocycles. The first-order valence-corrected chi connectivity index (χ1v) is 10.9. The molecule has 1 atom stereocenters. The van der Waals surface area contributed by atoms with Crippen molar-refractivity contribution in [3.8, 4) is 22.5 Å². The number of aliphatic carboxylic acids is 1. The highest BCUT2D eigenvalue weighted by Crippen LogP contribution is 2.27. The van der Waals surface area contributed by atoms with Gasteiger partial charge in [0.05, 0.1) is 5.92 Å². The number of carboxylic acid groups (broad SMARTS) is 1. The first kappa shape index (κ1) is 22.4. The van der Waals surface area contributed by atoms with Crippen molar-refractivity contribution >= 4 is 5.97 Å². The van der Waals surface area contributed by atoms with Crippen LogP contribution in [0.5, 0.6) is 0 Å². The summed E-state index contributed by atoms with van der Waals surface area (Å²) in [5, 5.41) is 13.6. The van der Waals surface area contributed by atoms with Crippen molar-refractivity contribution in [3.05, 3.63) is 71.1 Å². The molecule has 3 aromatic rings. The summed E-state index contributed by atoms with van der Waals surface area (Å²) >= 11 is 0. The molecule has 1 unspecified atom stereocenters. The fourth-order valence-electron chi connectivity index (χ4n) is 3.52. The van der Waals surface area contributed by atoms with E-state index in [1.54, 1.807) is 6.92 Å². The molecule has 3 rings (SSSR count). The number of rotatable bonds is 11. The Morgan fingerprint density at radius 2 is 1.42 bits per heavy atom. The normalized spacial score (nSPS) is 11.9. The molecular formula is C25H29N3O3. The minimum Gasteiger partial charge on any atom is -0.481 e. The lowest BCUT2D eigenvalue weighted by Gasteiger charge is -2.11. The zero-order chi connectivity index (χ0) is 22.1. The standard InChI is InChI=1S/C25H29N3O3/c1-19(24(29)30)13-7-3-2-4-12-18-28-25(31)26-22(20-14-8-5-9-15-20)23(27-28)21-16-10-6-11-17-21/h5-6,8-11,14-17,19H,2-4,7,12-13,18H2,1H3,(H,29,30). The molecule has 1 heterocycles. The van der Waals surface area contributed by atoms with Gasteiger partial charge in [-0.1, -0.05) is 93.3 Å². The first-order chi connectivity index (χ1) is 15.1. The lowest BCUT2D eigenvalue weighted by Crippen LogP contribution is -2.27. The summed E-state index contributed by atoms with van der Waals surface area (Å²) < 4.78 is 1.46. The summed E-state index contributed by atoms with van der Waals surface area (Å²) in [6, 6.07) is 19.5. The van der Waals surface area contributed by atoms with Crippen molar-refractivity contribution in [3.63, 3.8) is 0 Å². The Bertz CT molecular complexity index is 1030. The number of aromatic nitrogens is 3. The summed E-state index contributed by atoms with van der Waals surface area (Å²) in [6.45, 7) is 2.27. The monoisotopic (exact) mass is 419 g/mol. The van der Waals surface area contributed by atoms with Crippen LogP contribution in [-0.4, -0.2) is 25.8 Å². The van der Waals surface area contributed by atoms with E-state index in [1.807, 2.05) is 60.7 Å². The average Bonchev–Trinajstić information content (AvgIpc) is 2.80. The molecule has 2 aromatic carbocycles. The molecule has 0 bridgehead atoms. The predicted octanol–water partition coefficient (Wildman–Crippen LogP) is 5.03. The van der Waals surface area contributed by atoms with Gasteiger partial charge in [-0.15, -0.1) is 0 Å². The molecule has 0 radical (unpaired) electrons. The van der Waals surface area contributed by atoms with Gasteiger partial charge in [0.1, 0.15) is 11.4 Å². The maximum Gasteiger partial charge on any atom is 0.364 e. The van der Waals surface area contributed by atoms with Crippen molar-refractivity contribution < 1.29 is 9.90 Å². The molecule has 0 spiro atoms. The molecule has 1 N–H and O–H groups in total. The maximum atomic E-state index is 12.6. The Labute approximate surface area is 182 Å². The van der Waals surface area contributed by atoms with Crippen LogP contribution < -0.4 is 5.69 Å².